The van der Waals surface area contributed by atoms with E-state index < -0.39 is 0 Å². The standard InChI is InChI=1S/C5H5O.C2H6.CH3.W/c1-3-4-5(2)6;1-2;;/h1-4,6H;1-2H3;1H3;/q-1;;-1;. The van der Waals surface area contributed by atoms with Gasteiger partial charge in [-0.05, 0) is 0 Å². The number of aliphatic hydroxyl groups excluding tert-OH is 1. The fraction of sp³-hybridized carbons (Fsp3) is 0.250. The van der Waals surface area contributed by atoms with Crippen LogP contribution in [0.3, 0.4) is 0 Å². The summed E-state index contributed by atoms with van der Waals surface area (Å²) in [6.45, 7) is 8.85. The quantitative estimate of drug-likeness (QED) is 0.471. The van der Waals surface area contributed by atoms with Crippen LogP contribution in [0.2, 0.25) is 0 Å². The molecule has 10 heavy (non-hydrogen) atoms. The maximum absolute atomic E-state index is 8.28. The Morgan fingerprint density at radius 2 is 1.90 bits per heavy atom. The van der Waals surface area contributed by atoms with E-state index in [-0.39, 0.29) is 13.2 Å². The zero-order valence-corrected chi connectivity index (χ0v) is 9.60. The second-order valence-electron chi connectivity index (χ2n) is 0.920. The number of hydrogen-bond donors (Lipinski definition) is 1. The van der Waals surface area contributed by atoms with Gasteiger partial charge >= 0.3 is 53.4 Å². The van der Waals surface area contributed by atoms with Gasteiger partial charge in [0.2, 0.25) is 0 Å². The molecule has 0 atom stereocenters. The van der Waals surface area contributed by atoms with Crippen molar-refractivity contribution in [2.24, 2.45) is 0 Å². The van der Waals surface area contributed by atoms with Crippen molar-refractivity contribution >= 4 is 4.40 Å². The Hall–Kier alpha value is -0.162. The number of rotatable bonds is 2. The number of allylic oxidation sites excluding steroid dienone is 2. The summed E-state index contributed by atoms with van der Waals surface area (Å²) in [5.74, 6) is -0.141. The van der Waals surface area contributed by atoms with Crippen LogP contribution >= 0.6 is 0 Å². The molecular weight excluding hydrogens is 296 g/mol. The summed E-state index contributed by atoms with van der Waals surface area (Å²) < 4.78 is 1.86. The van der Waals surface area contributed by atoms with Crippen LogP contribution in [0.15, 0.2) is 17.9 Å². The molecule has 60 valence electrons. The summed E-state index contributed by atoms with van der Waals surface area (Å²) >= 11 is 1.34. The molecule has 0 aromatic heterocycles. The molecule has 0 aliphatic carbocycles. The Morgan fingerprint density at radius 1 is 1.50 bits per heavy atom. The molecule has 1 nitrogen and oxygen atoms in total. The third-order valence-corrected chi connectivity index (χ3v) is 0.910. The Balaban J connectivity index is -0.000000149. The first-order valence-corrected chi connectivity index (χ1v) is 4.40. The fourth-order valence-electron chi connectivity index (χ4n) is 0.138. The third-order valence-electron chi connectivity index (χ3n) is 0.346. The Labute approximate surface area is 74.9 Å². The van der Waals surface area contributed by atoms with Gasteiger partial charge in [0.05, 0.1) is 0 Å². The minimum atomic E-state index is -0.141. The van der Waals surface area contributed by atoms with Crippen LogP contribution in [-0.4, -0.2) is 9.51 Å². The van der Waals surface area contributed by atoms with Crippen LogP contribution in [0.4, 0.5) is 0 Å². The van der Waals surface area contributed by atoms with Gasteiger partial charge < -0.3 is 7.43 Å². The monoisotopic (exact) mass is 310 g/mol. The molecule has 0 amide bonds. The van der Waals surface area contributed by atoms with Crippen molar-refractivity contribution in [2.75, 3.05) is 0 Å². The molecule has 0 bridgehead atoms. The van der Waals surface area contributed by atoms with E-state index in [0.717, 1.165) is 0 Å². The largest absolute Gasteiger partial charge is 0.358 e. The first-order chi connectivity index (χ1) is 4.27. The van der Waals surface area contributed by atoms with Gasteiger partial charge in [-0.15, -0.1) is 0 Å². The van der Waals surface area contributed by atoms with Crippen LogP contribution in [0.1, 0.15) is 13.8 Å². The van der Waals surface area contributed by atoms with Crippen molar-refractivity contribution in [1.82, 2.24) is 0 Å². The second-order valence-corrected chi connectivity index (χ2v) is 1.90. The van der Waals surface area contributed by atoms with Crippen LogP contribution in [0.5, 0.6) is 0 Å². The van der Waals surface area contributed by atoms with E-state index in [2.05, 4.69) is 0 Å². The van der Waals surface area contributed by atoms with Crippen LogP contribution in [-0.2, 0) is 19.4 Å². The van der Waals surface area contributed by atoms with Gasteiger partial charge in [0.1, 0.15) is 0 Å². The number of hydrogen-bond acceptors (Lipinski definition) is 1. The summed E-state index contributed by atoms with van der Waals surface area (Å²) in [5.41, 5.74) is 0. The molecule has 1 N–H and O–H groups in total. The smallest absolute Gasteiger partial charge is 0.358 e. The summed E-state index contributed by atoms with van der Waals surface area (Å²) in [7, 11) is 0. The van der Waals surface area contributed by atoms with Crippen molar-refractivity contribution in [1.29, 1.82) is 0 Å². The minimum absolute atomic E-state index is 0. The van der Waals surface area contributed by atoms with Gasteiger partial charge in [0.25, 0.3) is 0 Å². The van der Waals surface area contributed by atoms with E-state index in [4.69, 9.17) is 11.7 Å². The SMILES string of the molecule is CC.[CH-]=C(O)C=C[CH]=[W].[CH3-]. The summed E-state index contributed by atoms with van der Waals surface area (Å²) in [5, 5.41) is 8.28. The van der Waals surface area contributed by atoms with Crippen LogP contribution in [0, 0.1) is 14.0 Å². The van der Waals surface area contributed by atoms with Gasteiger partial charge in [-0.25, -0.2) is 0 Å². The maximum atomic E-state index is 8.28. The van der Waals surface area contributed by atoms with E-state index in [9.17, 15) is 0 Å². The van der Waals surface area contributed by atoms with Crippen molar-refractivity contribution < 1.29 is 24.5 Å². The molecule has 0 radical (unpaired) electrons. The van der Waals surface area contributed by atoms with Gasteiger partial charge in [0, 0.05) is 0 Å². The average molecular weight is 310 g/mol. The topological polar surface area (TPSA) is 20.2 Å². The van der Waals surface area contributed by atoms with Crippen molar-refractivity contribution in [3.05, 3.63) is 31.9 Å². The molecule has 0 fully saturated rings. The van der Waals surface area contributed by atoms with Crippen molar-refractivity contribution in [3.63, 3.8) is 0 Å². The molecule has 0 spiro atoms. The molecular formula is C8H14OW-2. The summed E-state index contributed by atoms with van der Waals surface area (Å²) in [6, 6.07) is 0. The summed E-state index contributed by atoms with van der Waals surface area (Å²) in [6.07, 6.45) is 3.14. The predicted molar refractivity (Wildman–Crippen MR) is 43.4 cm³/mol. The van der Waals surface area contributed by atoms with E-state index in [1.54, 1.807) is 6.08 Å². The third kappa shape index (κ3) is 24.9. The second kappa shape index (κ2) is 15.9. The molecule has 0 aliphatic rings. The van der Waals surface area contributed by atoms with Gasteiger partial charge in [-0.1, -0.05) is 13.8 Å². The van der Waals surface area contributed by atoms with Gasteiger partial charge in [-0.2, -0.15) is 0 Å². The normalized spacial score (nSPS) is 7.00. The van der Waals surface area contributed by atoms with E-state index in [1.165, 1.54) is 25.4 Å². The fourth-order valence-corrected chi connectivity index (χ4v) is 0.420. The first kappa shape index (κ1) is 16.4. The maximum Gasteiger partial charge on any atom is -0.358 e. The Morgan fingerprint density at radius 3 is 2.00 bits per heavy atom. The molecule has 0 aromatic rings. The first-order valence-electron chi connectivity index (χ1n) is 2.70. The van der Waals surface area contributed by atoms with Gasteiger partial charge in [0.15, 0.2) is 0 Å². The van der Waals surface area contributed by atoms with E-state index >= 15 is 0 Å². The molecule has 2 heteroatoms. The molecule has 0 rings (SSSR count). The predicted octanol–water partition coefficient (Wildman–Crippen LogP) is 2.24. The van der Waals surface area contributed by atoms with Gasteiger partial charge in [-0.3, -0.25) is 0 Å². The van der Waals surface area contributed by atoms with Crippen molar-refractivity contribution in [3.8, 4) is 0 Å². The average Bonchev–Trinajstić information content (AvgIpc) is 1.88. The molecule has 0 aromatic carbocycles. The molecule has 0 saturated carbocycles. The van der Waals surface area contributed by atoms with Crippen LogP contribution in [0.25, 0.3) is 0 Å². The minimum Gasteiger partial charge on any atom is -0.358 e. The molecule has 0 heterocycles. The molecule has 0 unspecified atom stereocenters. The van der Waals surface area contributed by atoms with Crippen molar-refractivity contribution in [2.45, 2.75) is 13.8 Å². The Kier molecular flexibility index (Phi) is 26.2. The van der Waals surface area contributed by atoms with Crippen LogP contribution < -0.4 is 0 Å². The zero-order valence-electron chi connectivity index (χ0n) is 6.66. The molecule has 0 aliphatic heterocycles. The molecule has 0 saturated heterocycles. The number of aliphatic hydroxyl groups is 1. The zero-order chi connectivity index (χ0) is 7.70. The van der Waals surface area contributed by atoms with E-state index in [1.807, 2.05) is 18.2 Å². The van der Waals surface area contributed by atoms with E-state index in [0.29, 0.717) is 0 Å². The Bertz CT molecular complexity index is 106. The summed E-state index contributed by atoms with van der Waals surface area (Å²) in [4.78, 5) is 0.